The molecule has 0 N–H and O–H groups in total. The number of nitrogens with zero attached hydrogens (tertiary/aromatic N) is 3. The van der Waals surface area contributed by atoms with E-state index < -0.39 is 0 Å². The molecular weight excluding hydrogens is 338 g/mol. The highest BCUT2D eigenvalue weighted by molar-refractivity contribution is 6.02. The second-order valence-electron chi connectivity index (χ2n) is 7.01. The van der Waals surface area contributed by atoms with Crippen LogP contribution in [0.25, 0.3) is 0 Å². The van der Waals surface area contributed by atoms with Gasteiger partial charge in [0.1, 0.15) is 0 Å². The van der Waals surface area contributed by atoms with Gasteiger partial charge in [-0.2, -0.15) is 5.10 Å². The maximum absolute atomic E-state index is 12.5. The molecule has 2 aliphatic rings. The van der Waals surface area contributed by atoms with Gasteiger partial charge in [-0.25, -0.2) is 5.01 Å². The lowest BCUT2D eigenvalue weighted by molar-refractivity contribution is -0.137. The Balaban J connectivity index is 1.31. The number of carbonyl (C=O) groups excluding carboxylic acids is 2. The first-order chi connectivity index (χ1) is 13.2. The van der Waals surface area contributed by atoms with Crippen LogP contribution < -0.4 is 0 Å². The van der Waals surface area contributed by atoms with E-state index in [9.17, 15) is 9.59 Å². The molecule has 0 bridgehead atoms. The molecule has 2 aromatic carbocycles. The van der Waals surface area contributed by atoms with E-state index in [-0.39, 0.29) is 24.7 Å². The van der Waals surface area contributed by atoms with E-state index in [1.54, 1.807) is 0 Å². The molecule has 138 valence electrons. The van der Waals surface area contributed by atoms with Crippen LogP contribution in [-0.2, 0) is 22.6 Å². The third-order valence-electron chi connectivity index (χ3n) is 5.23. The van der Waals surface area contributed by atoms with Gasteiger partial charge in [-0.1, -0.05) is 54.6 Å². The Morgan fingerprint density at radius 3 is 2.33 bits per heavy atom. The normalized spacial score (nSPS) is 16.1. The van der Waals surface area contributed by atoms with Crippen molar-refractivity contribution in [3.8, 4) is 0 Å². The zero-order valence-corrected chi connectivity index (χ0v) is 15.3. The van der Waals surface area contributed by atoms with Gasteiger partial charge in [0, 0.05) is 32.4 Å². The number of carbonyl (C=O) groups is 2. The summed E-state index contributed by atoms with van der Waals surface area (Å²) in [5, 5.41) is 5.97. The van der Waals surface area contributed by atoms with Crippen molar-refractivity contribution in [1.82, 2.24) is 9.91 Å². The lowest BCUT2D eigenvalue weighted by Gasteiger charge is -2.29. The van der Waals surface area contributed by atoms with Gasteiger partial charge in [-0.15, -0.1) is 0 Å². The van der Waals surface area contributed by atoms with E-state index in [1.807, 2.05) is 47.4 Å². The zero-order chi connectivity index (χ0) is 18.6. The van der Waals surface area contributed by atoms with E-state index in [0.717, 1.165) is 30.7 Å². The Hall–Kier alpha value is -2.95. The average Bonchev–Trinajstić information content (AvgIpc) is 3.22. The lowest BCUT2D eigenvalue weighted by Crippen LogP contribution is -2.36. The molecule has 2 aliphatic heterocycles. The van der Waals surface area contributed by atoms with Gasteiger partial charge in [0.25, 0.3) is 0 Å². The molecule has 0 fully saturated rings. The minimum absolute atomic E-state index is 0.0457. The molecule has 2 aromatic rings. The maximum atomic E-state index is 12.5. The number of fused-ring (bicyclic) bond motifs is 1. The summed E-state index contributed by atoms with van der Waals surface area (Å²) in [5.74, 6) is -0.0315. The van der Waals surface area contributed by atoms with Crippen LogP contribution in [0.5, 0.6) is 0 Å². The molecule has 0 saturated carbocycles. The zero-order valence-electron chi connectivity index (χ0n) is 15.3. The SMILES string of the molecule is O=C(CCC(=O)N1CCC(c2ccccc2)=N1)N1CCc2ccccc2C1. The van der Waals surface area contributed by atoms with Crippen molar-refractivity contribution >= 4 is 17.5 Å². The number of benzene rings is 2. The number of rotatable bonds is 4. The van der Waals surface area contributed by atoms with Crippen molar-refractivity contribution in [2.24, 2.45) is 5.10 Å². The monoisotopic (exact) mass is 361 g/mol. The van der Waals surface area contributed by atoms with E-state index in [1.165, 1.54) is 16.1 Å². The van der Waals surface area contributed by atoms with Crippen molar-refractivity contribution in [3.05, 3.63) is 71.3 Å². The van der Waals surface area contributed by atoms with Crippen LogP contribution in [0, 0.1) is 0 Å². The number of hydrogen-bond donors (Lipinski definition) is 0. The molecule has 5 heteroatoms. The van der Waals surface area contributed by atoms with Crippen LogP contribution in [-0.4, -0.2) is 40.5 Å². The van der Waals surface area contributed by atoms with Crippen molar-refractivity contribution in [1.29, 1.82) is 0 Å². The quantitative estimate of drug-likeness (QED) is 0.841. The van der Waals surface area contributed by atoms with Gasteiger partial charge in [-0.3, -0.25) is 9.59 Å². The van der Waals surface area contributed by atoms with Gasteiger partial charge >= 0.3 is 0 Å². The first-order valence-corrected chi connectivity index (χ1v) is 9.48. The topological polar surface area (TPSA) is 53.0 Å². The Labute approximate surface area is 159 Å². The molecular formula is C22H23N3O2. The summed E-state index contributed by atoms with van der Waals surface area (Å²) >= 11 is 0. The summed E-state index contributed by atoms with van der Waals surface area (Å²) in [6, 6.07) is 18.2. The van der Waals surface area contributed by atoms with Gasteiger partial charge < -0.3 is 4.90 Å². The van der Waals surface area contributed by atoms with Crippen molar-refractivity contribution in [2.75, 3.05) is 13.1 Å². The molecule has 2 heterocycles. The molecule has 0 atom stereocenters. The molecule has 0 aliphatic carbocycles. The van der Waals surface area contributed by atoms with Gasteiger partial charge in [-0.05, 0) is 23.1 Å². The number of amides is 2. The average molecular weight is 361 g/mol. The first kappa shape index (κ1) is 17.5. The molecule has 0 aromatic heterocycles. The molecule has 0 unspecified atom stereocenters. The van der Waals surface area contributed by atoms with Gasteiger partial charge in [0.05, 0.1) is 12.3 Å². The molecule has 0 saturated heterocycles. The van der Waals surface area contributed by atoms with Crippen LogP contribution in [0.4, 0.5) is 0 Å². The number of hydrogen-bond acceptors (Lipinski definition) is 3. The van der Waals surface area contributed by atoms with Crippen LogP contribution in [0.1, 0.15) is 36.0 Å². The smallest absolute Gasteiger partial charge is 0.243 e. The predicted molar refractivity (Wildman–Crippen MR) is 104 cm³/mol. The summed E-state index contributed by atoms with van der Waals surface area (Å²) in [7, 11) is 0. The molecule has 27 heavy (non-hydrogen) atoms. The number of hydrazone groups is 1. The van der Waals surface area contributed by atoms with Crippen LogP contribution in [0.2, 0.25) is 0 Å². The minimum atomic E-state index is -0.0771. The van der Waals surface area contributed by atoms with Crippen molar-refractivity contribution in [2.45, 2.75) is 32.2 Å². The third kappa shape index (κ3) is 3.92. The summed E-state index contributed by atoms with van der Waals surface area (Å²) < 4.78 is 0. The predicted octanol–water partition coefficient (Wildman–Crippen LogP) is 2.99. The van der Waals surface area contributed by atoms with Crippen LogP contribution >= 0.6 is 0 Å². The standard InChI is InChI=1S/C22H23N3O2/c26-21(24-14-12-17-6-4-5-9-19(17)16-24)10-11-22(27)25-15-13-20(23-25)18-7-2-1-3-8-18/h1-9H,10-16H2. The van der Waals surface area contributed by atoms with E-state index in [0.29, 0.717) is 13.1 Å². The highest BCUT2D eigenvalue weighted by Crippen LogP contribution is 2.20. The molecule has 5 nitrogen and oxygen atoms in total. The Morgan fingerprint density at radius 2 is 1.52 bits per heavy atom. The van der Waals surface area contributed by atoms with Gasteiger partial charge in [0.2, 0.25) is 11.8 Å². The summed E-state index contributed by atoms with van der Waals surface area (Å²) in [6.45, 7) is 1.96. The Bertz CT molecular complexity index is 876. The fraction of sp³-hybridized carbons (Fsp3) is 0.318. The third-order valence-corrected chi connectivity index (χ3v) is 5.23. The van der Waals surface area contributed by atoms with Gasteiger partial charge in [0.15, 0.2) is 0 Å². The summed E-state index contributed by atoms with van der Waals surface area (Å²) in [4.78, 5) is 26.8. The fourth-order valence-corrected chi connectivity index (χ4v) is 3.68. The molecule has 0 spiro atoms. The highest BCUT2D eigenvalue weighted by atomic mass is 16.2. The van der Waals surface area contributed by atoms with Crippen LogP contribution in [0.15, 0.2) is 59.7 Å². The Kier molecular flexibility index (Phi) is 5.01. The van der Waals surface area contributed by atoms with E-state index in [4.69, 9.17) is 0 Å². The first-order valence-electron chi connectivity index (χ1n) is 9.48. The highest BCUT2D eigenvalue weighted by Gasteiger charge is 2.24. The Morgan fingerprint density at radius 1 is 0.815 bits per heavy atom. The van der Waals surface area contributed by atoms with Crippen LogP contribution in [0.3, 0.4) is 0 Å². The van der Waals surface area contributed by atoms with Crippen molar-refractivity contribution in [3.63, 3.8) is 0 Å². The molecule has 0 radical (unpaired) electrons. The van der Waals surface area contributed by atoms with Crippen molar-refractivity contribution < 1.29 is 9.59 Å². The summed E-state index contributed by atoms with van der Waals surface area (Å²) in [5.41, 5.74) is 4.51. The van der Waals surface area contributed by atoms with E-state index >= 15 is 0 Å². The molecule has 4 rings (SSSR count). The second-order valence-corrected chi connectivity index (χ2v) is 7.01. The summed E-state index contributed by atoms with van der Waals surface area (Å²) in [6.07, 6.45) is 2.09. The lowest BCUT2D eigenvalue weighted by atomic mass is 9.99. The minimum Gasteiger partial charge on any atom is -0.338 e. The van der Waals surface area contributed by atoms with E-state index in [2.05, 4.69) is 17.2 Å². The largest absolute Gasteiger partial charge is 0.338 e. The maximum Gasteiger partial charge on any atom is 0.243 e. The second kappa shape index (κ2) is 7.74. The molecule has 2 amide bonds. The fourth-order valence-electron chi connectivity index (χ4n) is 3.68.